The average Bonchev–Trinajstić information content (AvgIpc) is 3.04. The molecule has 7 nitrogen and oxygen atoms in total. The number of hydrogen-bond acceptors (Lipinski definition) is 5. The van der Waals surface area contributed by atoms with Crippen molar-refractivity contribution in [2.75, 3.05) is 19.5 Å². The third kappa shape index (κ3) is 7.01. The molecule has 0 fully saturated rings. The minimum absolute atomic E-state index is 0.159. The predicted molar refractivity (Wildman–Crippen MR) is 188 cm³/mol. The number of carbonyl (C=O) groups is 2. The van der Waals surface area contributed by atoms with Gasteiger partial charge in [0.2, 0.25) is 9.04 Å². The van der Waals surface area contributed by atoms with Crippen LogP contribution >= 0.6 is 23.2 Å². The highest BCUT2D eigenvalue weighted by molar-refractivity contribution is 6.80. The lowest BCUT2D eigenvalue weighted by molar-refractivity contribution is -0.0759. The van der Waals surface area contributed by atoms with Crippen LogP contribution in [0.15, 0.2) is 103 Å². The molecule has 4 aromatic carbocycles. The van der Waals surface area contributed by atoms with Crippen LogP contribution in [0.3, 0.4) is 0 Å². The van der Waals surface area contributed by atoms with E-state index in [1.807, 2.05) is 48.5 Å². The summed E-state index contributed by atoms with van der Waals surface area (Å²) in [5, 5.41) is 7.44. The summed E-state index contributed by atoms with van der Waals surface area (Å²) < 4.78 is 7.28. The highest BCUT2D eigenvalue weighted by Gasteiger charge is 2.37. The molecule has 0 saturated carbocycles. The summed E-state index contributed by atoms with van der Waals surface area (Å²) in [6.45, 7) is 6.26. The van der Waals surface area contributed by atoms with Gasteiger partial charge in [0.05, 0.1) is 45.6 Å². The number of nitrogens with zero attached hydrogens (tertiary/aromatic N) is 2. The van der Waals surface area contributed by atoms with E-state index in [0.29, 0.717) is 27.7 Å². The molecule has 1 N–H and O–H groups in total. The summed E-state index contributed by atoms with van der Waals surface area (Å²) in [6.07, 6.45) is 0.959. The molecule has 0 aliphatic heterocycles. The SMILES string of the molecule is CON(C)C(=O)c1cnc2c(NC(=O)c3c(Cl)cccc3Cl)cccc2c1C(O[SiH](c1ccccc1)c1ccccc1)C(C)(C)C. The van der Waals surface area contributed by atoms with Gasteiger partial charge in [-0.3, -0.25) is 19.4 Å². The van der Waals surface area contributed by atoms with E-state index in [-0.39, 0.29) is 21.5 Å². The van der Waals surface area contributed by atoms with Crippen LogP contribution in [0.5, 0.6) is 0 Å². The fourth-order valence-corrected chi connectivity index (χ4v) is 8.62. The number of fused-ring (bicyclic) bond motifs is 1. The molecule has 0 saturated heterocycles. The molecule has 0 aliphatic rings. The van der Waals surface area contributed by atoms with Gasteiger partial charge in [-0.2, -0.15) is 0 Å². The second-order valence-electron chi connectivity index (χ2n) is 11.9. The summed E-state index contributed by atoms with van der Waals surface area (Å²) in [7, 11) is 0.684. The third-order valence-corrected chi connectivity index (χ3v) is 10.8. The maximum Gasteiger partial charge on any atom is 0.279 e. The van der Waals surface area contributed by atoms with E-state index in [2.05, 4.69) is 50.4 Å². The monoisotopic (exact) mass is 671 g/mol. The van der Waals surface area contributed by atoms with Crippen molar-refractivity contribution < 1.29 is 18.9 Å². The van der Waals surface area contributed by atoms with E-state index >= 15 is 0 Å². The van der Waals surface area contributed by atoms with Gasteiger partial charge in [-0.05, 0) is 34.0 Å². The lowest BCUT2D eigenvalue weighted by atomic mass is 9.81. The van der Waals surface area contributed by atoms with E-state index in [4.69, 9.17) is 37.4 Å². The van der Waals surface area contributed by atoms with E-state index in [1.54, 1.807) is 31.3 Å². The van der Waals surface area contributed by atoms with Crippen molar-refractivity contribution in [3.05, 3.63) is 130 Å². The number of benzene rings is 4. The highest BCUT2D eigenvalue weighted by atomic mass is 35.5. The Balaban J connectivity index is 1.72. The molecular formula is C36H35Cl2N3O4Si. The number of anilines is 1. The van der Waals surface area contributed by atoms with Crippen LogP contribution in [-0.2, 0) is 9.26 Å². The minimum atomic E-state index is -2.31. The van der Waals surface area contributed by atoms with Gasteiger partial charge in [-0.15, -0.1) is 0 Å². The largest absolute Gasteiger partial charge is 0.403 e. The van der Waals surface area contributed by atoms with Gasteiger partial charge in [0.1, 0.15) is 0 Å². The summed E-state index contributed by atoms with van der Waals surface area (Å²) >= 11 is 12.7. The van der Waals surface area contributed by atoms with Gasteiger partial charge in [0.15, 0.2) is 0 Å². The molecule has 0 spiro atoms. The van der Waals surface area contributed by atoms with Gasteiger partial charge in [-0.25, -0.2) is 5.06 Å². The Labute approximate surface area is 280 Å². The van der Waals surface area contributed by atoms with Gasteiger partial charge in [0, 0.05) is 24.2 Å². The number of carbonyl (C=O) groups excluding carboxylic acids is 2. The molecule has 10 heteroatoms. The average molecular weight is 673 g/mol. The number of halogens is 2. The number of para-hydroxylation sites is 1. The summed E-state index contributed by atoms with van der Waals surface area (Å²) in [6, 6.07) is 30.7. The Kier molecular flexibility index (Phi) is 10.2. The molecule has 0 radical (unpaired) electrons. The van der Waals surface area contributed by atoms with Crippen LogP contribution in [0.2, 0.25) is 10.0 Å². The van der Waals surface area contributed by atoms with E-state index in [0.717, 1.165) is 10.4 Å². The van der Waals surface area contributed by atoms with Crippen molar-refractivity contribution in [1.82, 2.24) is 10.0 Å². The van der Waals surface area contributed by atoms with Crippen LogP contribution in [0.1, 0.15) is 53.2 Å². The fourth-order valence-electron chi connectivity index (χ4n) is 5.40. The van der Waals surface area contributed by atoms with Crippen LogP contribution < -0.4 is 15.7 Å². The van der Waals surface area contributed by atoms with Crippen molar-refractivity contribution in [1.29, 1.82) is 0 Å². The standard InChI is InChI=1S/C36H35Cl2N3O4Si/c1-36(2,3)33(45-46(23-14-8-6-9-15-23)24-16-10-7-11-17-24)30-25-18-12-21-29(32(25)39-22-26(30)35(43)41(4)44-5)40-34(42)31-27(37)19-13-20-28(31)38/h6-22,33,46H,1-5H3,(H,40,42). The Morgan fingerprint density at radius 1 is 0.848 bits per heavy atom. The Morgan fingerprint density at radius 2 is 1.41 bits per heavy atom. The second kappa shape index (κ2) is 14.2. The molecule has 5 rings (SSSR count). The lowest BCUT2D eigenvalue weighted by Crippen LogP contribution is -2.47. The number of pyridine rings is 1. The molecule has 1 unspecified atom stereocenters. The topological polar surface area (TPSA) is 80.8 Å². The number of hydrogen-bond donors (Lipinski definition) is 1. The molecule has 236 valence electrons. The predicted octanol–water partition coefficient (Wildman–Crippen LogP) is 7.07. The third-order valence-electron chi connectivity index (χ3n) is 7.69. The number of amides is 2. The highest BCUT2D eigenvalue weighted by Crippen LogP contribution is 2.42. The normalized spacial score (nSPS) is 12.3. The van der Waals surface area contributed by atoms with E-state index < -0.39 is 26.5 Å². The molecule has 1 aromatic heterocycles. The molecule has 5 aromatic rings. The maximum atomic E-state index is 13.8. The number of nitrogens with one attached hydrogen (secondary N) is 1. The Morgan fingerprint density at radius 3 is 1.96 bits per heavy atom. The molecule has 0 bridgehead atoms. The Bertz CT molecular complexity index is 1810. The quantitative estimate of drug-likeness (QED) is 0.134. The lowest BCUT2D eigenvalue weighted by Gasteiger charge is -2.36. The summed E-state index contributed by atoms with van der Waals surface area (Å²) in [5.41, 5.74) is 1.60. The zero-order valence-electron chi connectivity index (χ0n) is 26.3. The molecule has 1 heterocycles. The Hall–Kier alpha value is -4.05. The minimum Gasteiger partial charge on any atom is -0.403 e. The molecule has 46 heavy (non-hydrogen) atoms. The van der Waals surface area contributed by atoms with E-state index in [9.17, 15) is 9.59 Å². The smallest absolute Gasteiger partial charge is 0.279 e. The van der Waals surface area contributed by atoms with Crippen molar-refractivity contribution >= 4 is 71.0 Å². The zero-order chi connectivity index (χ0) is 33.0. The van der Waals surface area contributed by atoms with Crippen LogP contribution in [0.4, 0.5) is 5.69 Å². The number of aromatic nitrogens is 1. The molecule has 1 atom stereocenters. The maximum absolute atomic E-state index is 13.8. The molecular weight excluding hydrogens is 637 g/mol. The summed E-state index contributed by atoms with van der Waals surface area (Å²) in [4.78, 5) is 37.3. The van der Waals surface area contributed by atoms with Gasteiger partial charge in [-0.1, -0.05) is 123 Å². The molecule has 2 amide bonds. The van der Waals surface area contributed by atoms with Crippen molar-refractivity contribution in [2.45, 2.75) is 26.9 Å². The van der Waals surface area contributed by atoms with Crippen molar-refractivity contribution in [3.8, 4) is 0 Å². The first-order valence-corrected chi connectivity index (χ1v) is 17.1. The van der Waals surface area contributed by atoms with Crippen molar-refractivity contribution in [2.24, 2.45) is 5.41 Å². The van der Waals surface area contributed by atoms with Gasteiger partial charge in [0.25, 0.3) is 11.8 Å². The fraction of sp³-hybridized carbons (Fsp3) is 0.194. The number of rotatable bonds is 9. The second-order valence-corrected chi connectivity index (χ2v) is 15.1. The van der Waals surface area contributed by atoms with Gasteiger partial charge < -0.3 is 9.74 Å². The summed E-state index contributed by atoms with van der Waals surface area (Å²) in [5.74, 6) is -0.852. The molecule has 0 aliphatic carbocycles. The van der Waals surface area contributed by atoms with Gasteiger partial charge >= 0.3 is 0 Å². The van der Waals surface area contributed by atoms with Crippen LogP contribution in [-0.4, -0.2) is 45.1 Å². The first-order valence-electron chi connectivity index (χ1n) is 14.8. The van der Waals surface area contributed by atoms with E-state index in [1.165, 1.54) is 18.4 Å². The first-order chi connectivity index (χ1) is 22.0. The zero-order valence-corrected chi connectivity index (χ0v) is 28.9. The van der Waals surface area contributed by atoms with Crippen molar-refractivity contribution in [3.63, 3.8) is 0 Å². The number of hydroxylamine groups is 2. The first kappa shape index (κ1) is 33.3. The van der Waals surface area contributed by atoms with Crippen LogP contribution in [0.25, 0.3) is 10.9 Å². The van der Waals surface area contributed by atoms with Crippen LogP contribution in [0, 0.1) is 5.41 Å².